The Bertz CT molecular complexity index is 289. The first kappa shape index (κ1) is 10.8. The molecule has 5 heteroatoms. The predicted molar refractivity (Wildman–Crippen MR) is 49.7 cm³/mol. The van der Waals surface area contributed by atoms with E-state index in [9.17, 15) is 13.6 Å². The first-order chi connectivity index (χ1) is 6.88. The lowest BCUT2D eigenvalue weighted by Gasteiger charge is -2.26. The van der Waals surface area contributed by atoms with Gasteiger partial charge in [-0.2, -0.15) is 0 Å². The van der Waals surface area contributed by atoms with Crippen molar-refractivity contribution in [1.82, 2.24) is 4.90 Å². The molecule has 1 amide bonds. The van der Waals surface area contributed by atoms with Crippen molar-refractivity contribution >= 4 is 5.91 Å². The molecule has 15 heavy (non-hydrogen) atoms. The fourth-order valence-electron chi connectivity index (χ4n) is 2.01. The summed E-state index contributed by atoms with van der Waals surface area (Å²) in [4.78, 5) is 13.2. The second-order valence-corrected chi connectivity index (χ2v) is 4.65. The van der Waals surface area contributed by atoms with Gasteiger partial charge in [0.15, 0.2) is 0 Å². The van der Waals surface area contributed by atoms with Crippen LogP contribution in [0.5, 0.6) is 0 Å². The Hall–Kier alpha value is -0.710. The quantitative estimate of drug-likeness (QED) is 0.700. The van der Waals surface area contributed by atoms with Gasteiger partial charge in [-0.1, -0.05) is 0 Å². The van der Waals surface area contributed by atoms with Crippen LogP contribution in [0.25, 0.3) is 0 Å². The summed E-state index contributed by atoms with van der Waals surface area (Å²) >= 11 is 0. The summed E-state index contributed by atoms with van der Waals surface area (Å²) in [5.74, 6) is -3.28. The third kappa shape index (κ3) is 1.53. The van der Waals surface area contributed by atoms with Crippen molar-refractivity contribution in [2.45, 2.75) is 31.7 Å². The van der Waals surface area contributed by atoms with E-state index in [-0.39, 0.29) is 12.5 Å². The van der Waals surface area contributed by atoms with Crippen LogP contribution in [0.4, 0.5) is 8.78 Å². The molecule has 1 saturated carbocycles. The van der Waals surface area contributed by atoms with E-state index in [0.717, 1.165) is 6.42 Å². The monoisotopic (exact) mass is 219 g/mol. The number of likely N-dealkylation sites (N-methyl/N-ethyl adjacent to an activating group) is 1. The summed E-state index contributed by atoms with van der Waals surface area (Å²) in [7, 11) is 1.58. The van der Waals surface area contributed by atoms with Crippen LogP contribution in [0, 0.1) is 5.41 Å². The summed E-state index contributed by atoms with van der Waals surface area (Å²) in [6.07, 6.45) is 0.417. The zero-order valence-corrected chi connectivity index (χ0v) is 8.93. The second kappa shape index (κ2) is 3.14. The number of alkyl halides is 2. The summed E-state index contributed by atoms with van der Waals surface area (Å²) in [6, 6.07) is -0.0364. The highest BCUT2D eigenvalue weighted by Crippen LogP contribution is 2.61. The third-order valence-electron chi connectivity index (χ3n) is 3.50. The van der Waals surface area contributed by atoms with Crippen LogP contribution in [0.1, 0.15) is 19.8 Å². The summed E-state index contributed by atoms with van der Waals surface area (Å²) in [5, 5.41) is 0. The molecule has 0 radical (unpaired) electrons. The number of hydrogen-bond acceptors (Lipinski definition) is 2. The molecule has 0 spiro atoms. The van der Waals surface area contributed by atoms with Gasteiger partial charge in [0, 0.05) is 20.1 Å². The standard InChI is InChI=1S/C10H15F2NO2/c1-9(6-10(9,11)12)8(14)13(2)7-3-4-15-5-7/h7H,3-6H2,1-2H3. The van der Waals surface area contributed by atoms with Gasteiger partial charge in [0.25, 0.3) is 5.92 Å². The molecule has 3 nitrogen and oxygen atoms in total. The molecule has 0 N–H and O–H groups in total. The van der Waals surface area contributed by atoms with E-state index in [1.54, 1.807) is 7.05 Å². The SMILES string of the molecule is CN(C(=O)C1(C)CC1(F)F)C1CCOC1. The van der Waals surface area contributed by atoms with E-state index < -0.39 is 17.2 Å². The van der Waals surface area contributed by atoms with Crippen molar-refractivity contribution in [2.75, 3.05) is 20.3 Å². The lowest BCUT2D eigenvalue weighted by atomic mass is 10.1. The molecule has 2 atom stereocenters. The zero-order chi connectivity index (χ0) is 11.3. The van der Waals surface area contributed by atoms with Crippen LogP contribution in [0.3, 0.4) is 0 Å². The van der Waals surface area contributed by atoms with E-state index in [4.69, 9.17) is 4.74 Å². The van der Waals surface area contributed by atoms with Gasteiger partial charge in [0.05, 0.1) is 12.6 Å². The molecule has 2 aliphatic rings. The number of rotatable bonds is 2. The minimum atomic E-state index is -2.82. The number of carbonyl (C=O) groups excluding carboxylic acids is 1. The predicted octanol–water partition coefficient (Wildman–Crippen LogP) is 1.28. The van der Waals surface area contributed by atoms with Crippen molar-refractivity contribution in [3.63, 3.8) is 0 Å². The molecular weight excluding hydrogens is 204 g/mol. The van der Waals surface area contributed by atoms with E-state index in [1.807, 2.05) is 0 Å². The normalized spacial score (nSPS) is 37.7. The van der Waals surface area contributed by atoms with E-state index >= 15 is 0 Å². The van der Waals surface area contributed by atoms with Crippen molar-refractivity contribution in [1.29, 1.82) is 0 Å². The molecule has 0 bridgehead atoms. The Kier molecular flexibility index (Phi) is 2.26. The fraction of sp³-hybridized carbons (Fsp3) is 0.900. The average molecular weight is 219 g/mol. The number of hydrogen-bond donors (Lipinski definition) is 0. The topological polar surface area (TPSA) is 29.5 Å². The Morgan fingerprint density at radius 1 is 1.53 bits per heavy atom. The largest absolute Gasteiger partial charge is 0.379 e. The molecule has 1 heterocycles. The second-order valence-electron chi connectivity index (χ2n) is 4.65. The van der Waals surface area contributed by atoms with Gasteiger partial charge in [-0.25, -0.2) is 8.78 Å². The lowest BCUT2D eigenvalue weighted by molar-refractivity contribution is -0.141. The van der Waals surface area contributed by atoms with Crippen LogP contribution in [-0.2, 0) is 9.53 Å². The Balaban J connectivity index is 2.02. The molecule has 0 aromatic rings. The van der Waals surface area contributed by atoms with Crippen molar-refractivity contribution in [3.8, 4) is 0 Å². The average Bonchev–Trinajstić information content (AvgIpc) is 2.62. The smallest absolute Gasteiger partial charge is 0.263 e. The number of nitrogens with zero attached hydrogens (tertiary/aromatic N) is 1. The van der Waals surface area contributed by atoms with Crippen molar-refractivity contribution in [3.05, 3.63) is 0 Å². The number of amides is 1. The van der Waals surface area contributed by atoms with Gasteiger partial charge in [-0.05, 0) is 13.3 Å². The van der Waals surface area contributed by atoms with Crippen LogP contribution in [0.2, 0.25) is 0 Å². The van der Waals surface area contributed by atoms with Crippen LogP contribution < -0.4 is 0 Å². The van der Waals surface area contributed by atoms with E-state index in [2.05, 4.69) is 0 Å². The van der Waals surface area contributed by atoms with Crippen molar-refractivity contribution in [2.24, 2.45) is 5.41 Å². The molecule has 2 rings (SSSR count). The third-order valence-corrected chi connectivity index (χ3v) is 3.50. The number of carbonyl (C=O) groups is 1. The van der Waals surface area contributed by atoms with E-state index in [0.29, 0.717) is 13.2 Å². The van der Waals surface area contributed by atoms with Gasteiger partial charge in [-0.15, -0.1) is 0 Å². The summed E-state index contributed by atoms with van der Waals surface area (Å²) in [5.41, 5.74) is -1.47. The van der Waals surface area contributed by atoms with Gasteiger partial charge < -0.3 is 9.64 Å². The van der Waals surface area contributed by atoms with Gasteiger partial charge in [0.1, 0.15) is 5.41 Å². The van der Waals surface area contributed by atoms with Crippen LogP contribution in [-0.4, -0.2) is 43.0 Å². The van der Waals surface area contributed by atoms with Crippen LogP contribution >= 0.6 is 0 Å². The van der Waals surface area contributed by atoms with Crippen molar-refractivity contribution < 1.29 is 18.3 Å². The van der Waals surface area contributed by atoms with Gasteiger partial charge in [0.2, 0.25) is 5.91 Å². The molecule has 1 aliphatic heterocycles. The maximum absolute atomic E-state index is 13.0. The summed E-state index contributed by atoms with van der Waals surface area (Å²) in [6.45, 7) is 2.40. The highest BCUT2D eigenvalue weighted by atomic mass is 19.3. The lowest BCUT2D eigenvalue weighted by Crippen LogP contribution is -2.42. The highest BCUT2D eigenvalue weighted by molar-refractivity contribution is 5.87. The van der Waals surface area contributed by atoms with Gasteiger partial charge >= 0.3 is 0 Å². The maximum Gasteiger partial charge on any atom is 0.263 e. The minimum Gasteiger partial charge on any atom is -0.379 e. The molecule has 1 aliphatic carbocycles. The first-order valence-corrected chi connectivity index (χ1v) is 5.11. The maximum atomic E-state index is 13.0. The van der Waals surface area contributed by atoms with Gasteiger partial charge in [-0.3, -0.25) is 4.79 Å². The molecule has 1 saturated heterocycles. The molecule has 86 valence electrons. The molecule has 2 fully saturated rings. The fourth-order valence-corrected chi connectivity index (χ4v) is 2.01. The molecule has 2 unspecified atom stereocenters. The Labute approximate surface area is 87.4 Å². The molecule has 0 aromatic carbocycles. The summed E-state index contributed by atoms with van der Waals surface area (Å²) < 4.78 is 31.1. The number of ether oxygens (including phenoxy) is 1. The van der Waals surface area contributed by atoms with E-state index in [1.165, 1.54) is 11.8 Å². The zero-order valence-electron chi connectivity index (χ0n) is 8.93. The highest BCUT2D eigenvalue weighted by Gasteiger charge is 2.73. The van der Waals surface area contributed by atoms with Crippen LogP contribution in [0.15, 0.2) is 0 Å². The Morgan fingerprint density at radius 2 is 2.13 bits per heavy atom. The number of halogens is 2. The molecular formula is C10H15F2NO2. The Morgan fingerprint density at radius 3 is 2.53 bits per heavy atom. The minimum absolute atomic E-state index is 0.0364. The molecule has 0 aromatic heterocycles. The first-order valence-electron chi connectivity index (χ1n) is 5.11.